The number of benzene rings is 1. The van der Waals surface area contributed by atoms with Gasteiger partial charge >= 0.3 is 0 Å². The second-order valence-electron chi connectivity index (χ2n) is 6.67. The number of hydrogen-bond donors (Lipinski definition) is 1. The van der Waals surface area contributed by atoms with Gasteiger partial charge in [0.25, 0.3) is 11.8 Å². The number of sulfonamides is 1. The van der Waals surface area contributed by atoms with Gasteiger partial charge < -0.3 is 14.6 Å². The quantitative estimate of drug-likeness (QED) is 0.616. The van der Waals surface area contributed by atoms with Gasteiger partial charge in [-0.25, -0.2) is 8.42 Å². The van der Waals surface area contributed by atoms with Crippen molar-refractivity contribution in [2.45, 2.75) is 11.8 Å². The summed E-state index contributed by atoms with van der Waals surface area (Å²) in [7, 11) is -3.53. The molecule has 1 saturated heterocycles. The fraction of sp³-hybridized carbons (Fsp3) is 0.400. The van der Waals surface area contributed by atoms with E-state index >= 15 is 0 Å². The molecule has 1 aromatic carbocycles. The minimum absolute atomic E-state index is 0.0256. The Kier molecular flexibility index (Phi) is 7.57. The van der Waals surface area contributed by atoms with Crippen LogP contribution in [0.1, 0.15) is 27.8 Å². The van der Waals surface area contributed by atoms with Gasteiger partial charge in [-0.3, -0.25) is 9.59 Å². The Bertz CT molecular complexity index is 968. The Labute approximate surface area is 180 Å². The Morgan fingerprint density at radius 1 is 1.10 bits per heavy atom. The van der Waals surface area contributed by atoms with Crippen molar-refractivity contribution < 1.29 is 22.4 Å². The molecule has 0 atom stereocenters. The van der Waals surface area contributed by atoms with E-state index < -0.39 is 10.0 Å². The lowest BCUT2D eigenvalue weighted by Crippen LogP contribution is -2.51. The van der Waals surface area contributed by atoms with E-state index in [9.17, 15) is 18.0 Å². The molecule has 1 aliphatic rings. The van der Waals surface area contributed by atoms with Gasteiger partial charge in [-0.1, -0.05) is 19.1 Å². The minimum Gasteiger partial charge on any atom is -0.459 e. The van der Waals surface area contributed by atoms with Crippen LogP contribution >= 0.6 is 11.8 Å². The first kappa shape index (κ1) is 22.4. The maximum absolute atomic E-state index is 12.6. The highest BCUT2D eigenvalue weighted by Gasteiger charge is 2.29. The van der Waals surface area contributed by atoms with Gasteiger partial charge in [-0.15, -0.1) is 11.8 Å². The van der Waals surface area contributed by atoms with Crippen LogP contribution in [0.25, 0.3) is 0 Å². The Morgan fingerprint density at radius 2 is 1.83 bits per heavy atom. The van der Waals surface area contributed by atoms with Gasteiger partial charge in [0, 0.05) is 37.6 Å². The van der Waals surface area contributed by atoms with Gasteiger partial charge in [0.2, 0.25) is 10.0 Å². The summed E-state index contributed by atoms with van der Waals surface area (Å²) >= 11 is 1.57. The molecule has 1 aliphatic heterocycles. The van der Waals surface area contributed by atoms with Gasteiger partial charge in [-0.2, -0.15) is 4.31 Å². The standard InChI is InChI=1S/C20H25N3O5S2/c1-2-29-18-8-4-3-6-16(18)19(24)21-9-15-30(26,27)23-12-10-22(11-13-23)20(25)17-7-5-14-28-17/h3-8,14H,2,9-13,15H2,1H3,(H,21,24). The maximum atomic E-state index is 12.6. The number of carbonyl (C=O) groups excluding carboxylic acids is 2. The number of piperazine rings is 1. The molecule has 8 nitrogen and oxygen atoms in total. The first-order valence-electron chi connectivity index (χ1n) is 9.73. The monoisotopic (exact) mass is 451 g/mol. The van der Waals surface area contributed by atoms with Crippen molar-refractivity contribution in [3.63, 3.8) is 0 Å². The summed E-state index contributed by atoms with van der Waals surface area (Å²) < 4.78 is 31.7. The summed E-state index contributed by atoms with van der Waals surface area (Å²) in [6.45, 7) is 3.07. The number of thioether (sulfide) groups is 1. The zero-order valence-corrected chi connectivity index (χ0v) is 18.4. The molecule has 0 aliphatic carbocycles. The van der Waals surface area contributed by atoms with E-state index in [-0.39, 0.29) is 43.0 Å². The van der Waals surface area contributed by atoms with Crippen LogP contribution in [0.5, 0.6) is 0 Å². The fourth-order valence-corrected chi connectivity index (χ4v) is 5.32. The number of hydrogen-bond acceptors (Lipinski definition) is 6. The predicted octanol–water partition coefficient (Wildman–Crippen LogP) is 1.91. The summed E-state index contributed by atoms with van der Waals surface area (Å²) in [5.74, 6) is 0.375. The van der Waals surface area contributed by atoms with E-state index in [4.69, 9.17) is 4.42 Å². The summed E-state index contributed by atoms with van der Waals surface area (Å²) in [5, 5.41) is 2.70. The molecule has 0 saturated carbocycles. The van der Waals surface area contributed by atoms with E-state index in [1.54, 1.807) is 40.9 Å². The third-order valence-electron chi connectivity index (χ3n) is 4.73. The molecule has 1 aromatic heterocycles. The smallest absolute Gasteiger partial charge is 0.289 e. The molecule has 2 heterocycles. The highest BCUT2D eigenvalue weighted by molar-refractivity contribution is 7.99. The minimum atomic E-state index is -3.53. The summed E-state index contributed by atoms with van der Waals surface area (Å²) in [6, 6.07) is 10.5. The number of nitrogens with one attached hydrogen (secondary N) is 1. The lowest BCUT2D eigenvalue weighted by Gasteiger charge is -2.33. The zero-order chi connectivity index (χ0) is 21.6. The van der Waals surface area contributed by atoms with E-state index in [0.717, 1.165) is 10.6 Å². The van der Waals surface area contributed by atoms with E-state index in [0.29, 0.717) is 18.7 Å². The highest BCUT2D eigenvalue weighted by Crippen LogP contribution is 2.22. The van der Waals surface area contributed by atoms with E-state index in [1.165, 1.54) is 10.6 Å². The molecule has 2 aromatic rings. The van der Waals surface area contributed by atoms with Crippen LogP contribution in [0.3, 0.4) is 0 Å². The second kappa shape index (κ2) is 10.1. The van der Waals surface area contributed by atoms with Crippen molar-refractivity contribution in [1.29, 1.82) is 0 Å². The lowest BCUT2D eigenvalue weighted by atomic mass is 10.2. The van der Waals surface area contributed by atoms with Crippen LogP contribution in [0.4, 0.5) is 0 Å². The predicted molar refractivity (Wildman–Crippen MR) is 115 cm³/mol. The van der Waals surface area contributed by atoms with Gasteiger partial charge in [-0.05, 0) is 30.0 Å². The van der Waals surface area contributed by atoms with Crippen molar-refractivity contribution >= 4 is 33.6 Å². The average Bonchev–Trinajstić information content (AvgIpc) is 3.29. The molecule has 0 unspecified atom stereocenters. The molecule has 0 radical (unpaired) electrons. The molecule has 10 heteroatoms. The molecular formula is C20H25N3O5S2. The Morgan fingerprint density at radius 3 is 2.50 bits per heavy atom. The van der Waals surface area contributed by atoms with Gasteiger partial charge in [0.05, 0.1) is 17.6 Å². The molecule has 0 bridgehead atoms. The number of rotatable bonds is 8. The van der Waals surface area contributed by atoms with Crippen molar-refractivity contribution in [3.05, 3.63) is 54.0 Å². The zero-order valence-electron chi connectivity index (χ0n) is 16.7. The summed E-state index contributed by atoms with van der Waals surface area (Å²) in [5.41, 5.74) is 0.548. The summed E-state index contributed by atoms with van der Waals surface area (Å²) in [6.07, 6.45) is 1.43. The van der Waals surface area contributed by atoms with Crippen LogP contribution in [0.2, 0.25) is 0 Å². The van der Waals surface area contributed by atoms with Gasteiger partial charge in [0.15, 0.2) is 5.76 Å². The van der Waals surface area contributed by atoms with Crippen molar-refractivity contribution in [2.24, 2.45) is 0 Å². The van der Waals surface area contributed by atoms with E-state index in [1.807, 2.05) is 19.1 Å². The molecular weight excluding hydrogens is 426 g/mol. The van der Waals surface area contributed by atoms with Crippen molar-refractivity contribution in [1.82, 2.24) is 14.5 Å². The van der Waals surface area contributed by atoms with Gasteiger partial charge in [0.1, 0.15) is 0 Å². The second-order valence-corrected chi connectivity index (χ2v) is 10.1. The SMILES string of the molecule is CCSc1ccccc1C(=O)NCCS(=O)(=O)N1CCN(C(=O)c2ccco2)CC1. The normalized spacial score (nSPS) is 15.2. The molecule has 1 N–H and O–H groups in total. The van der Waals surface area contributed by atoms with Crippen LogP contribution in [-0.2, 0) is 10.0 Å². The molecule has 3 rings (SSSR count). The molecule has 162 valence electrons. The molecule has 2 amide bonds. The topological polar surface area (TPSA) is 99.9 Å². The molecule has 30 heavy (non-hydrogen) atoms. The third kappa shape index (κ3) is 5.44. The number of nitrogens with zero attached hydrogens (tertiary/aromatic N) is 2. The van der Waals surface area contributed by atoms with Crippen molar-refractivity contribution in [3.8, 4) is 0 Å². The first-order valence-corrected chi connectivity index (χ1v) is 12.3. The average molecular weight is 452 g/mol. The fourth-order valence-electron chi connectivity index (χ4n) is 3.18. The largest absolute Gasteiger partial charge is 0.459 e. The highest BCUT2D eigenvalue weighted by atomic mass is 32.2. The molecule has 0 spiro atoms. The van der Waals surface area contributed by atoms with Crippen LogP contribution < -0.4 is 5.32 Å². The lowest BCUT2D eigenvalue weighted by molar-refractivity contribution is 0.0665. The van der Waals surface area contributed by atoms with Crippen LogP contribution in [0, 0.1) is 0 Å². The van der Waals surface area contributed by atoms with Crippen molar-refractivity contribution in [2.75, 3.05) is 44.2 Å². The summed E-state index contributed by atoms with van der Waals surface area (Å²) in [4.78, 5) is 27.2. The number of amides is 2. The Balaban J connectivity index is 1.49. The third-order valence-corrected chi connectivity index (χ3v) is 7.56. The molecule has 1 fully saturated rings. The van der Waals surface area contributed by atoms with Crippen LogP contribution in [0.15, 0.2) is 52.0 Å². The van der Waals surface area contributed by atoms with E-state index in [2.05, 4.69) is 5.32 Å². The number of furan rings is 1. The maximum Gasteiger partial charge on any atom is 0.289 e. The van der Waals surface area contributed by atoms with Crippen LogP contribution in [-0.4, -0.2) is 73.7 Å². The Hall–Kier alpha value is -2.30. The first-order chi connectivity index (χ1) is 14.4. The number of carbonyl (C=O) groups is 2.